The number of halogens is 2. The van der Waals surface area contributed by atoms with Crippen LogP contribution >= 0.6 is 11.8 Å². The summed E-state index contributed by atoms with van der Waals surface area (Å²) in [6.07, 6.45) is 4.48. The molecule has 0 amide bonds. The minimum atomic E-state index is -2.36. The first-order valence-corrected chi connectivity index (χ1v) is 7.36. The summed E-state index contributed by atoms with van der Waals surface area (Å²) in [5.74, 6) is -0.811. The molecule has 0 radical (unpaired) electrons. The van der Waals surface area contributed by atoms with E-state index < -0.39 is 5.76 Å². The number of alkyl halides is 2. The zero-order valence-corrected chi connectivity index (χ0v) is 11.7. The molecule has 2 heterocycles. The smallest absolute Gasteiger partial charge is 0.284 e. The molecule has 0 spiro atoms. The van der Waals surface area contributed by atoms with E-state index in [0.29, 0.717) is 24.1 Å². The van der Waals surface area contributed by atoms with Gasteiger partial charge < -0.3 is 9.73 Å². The molecule has 0 saturated heterocycles. The zero-order chi connectivity index (χ0) is 14.2. The molecule has 0 fully saturated rings. The number of hydrogen-bond donors (Lipinski definition) is 1. The summed E-state index contributed by atoms with van der Waals surface area (Å²) in [4.78, 5) is 4.05. The van der Waals surface area contributed by atoms with Crippen LogP contribution in [0.15, 0.2) is 41.1 Å². The van der Waals surface area contributed by atoms with Crippen LogP contribution in [0.5, 0.6) is 0 Å². The standard InChI is InChI=1S/C14H16F2N2OS/c15-14(16)20-10-13-4-3-12(19-13)9-18-7-5-11-2-1-6-17-8-11/h1-4,6,8,14,18H,5,7,9-10H2. The summed E-state index contributed by atoms with van der Waals surface area (Å²) in [6.45, 7) is 1.41. The molecule has 2 aromatic rings. The van der Waals surface area contributed by atoms with Crippen LogP contribution < -0.4 is 5.32 Å². The first kappa shape index (κ1) is 15.0. The molecule has 0 aliphatic carbocycles. The third kappa shape index (κ3) is 5.30. The molecule has 3 nitrogen and oxygen atoms in total. The number of nitrogens with zero attached hydrogens (tertiary/aromatic N) is 1. The van der Waals surface area contributed by atoms with Gasteiger partial charge in [0.05, 0.1) is 12.3 Å². The maximum absolute atomic E-state index is 12.0. The van der Waals surface area contributed by atoms with Crippen molar-refractivity contribution in [3.05, 3.63) is 53.7 Å². The monoisotopic (exact) mass is 298 g/mol. The molecule has 6 heteroatoms. The van der Waals surface area contributed by atoms with Crippen molar-refractivity contribution in [1.29, 1.82) is 0 Å². The van der Waals surface area contributed by atoms with Gasteiger partial charge in [0.15, 0.2) is 0 Å². The lowest BCUT2D eigenvalue weighted by Crippen LogP contribution is -2.16. The highest BCUT2D eigenvalue weighted by Gasteiger charge is 2.07. The fraction of sp³-hybridized carbons (Fsp3) is 0.357. The van der Waals surface area contributed by atoms with E-state index in [1.807, 2.05) is 24.4 Å². The summed E-state index contributed by atoms with van der Waals surface area (Å²) in [7, 11) is 0. The van der Waals surface area contributed by atoms with Gasteiger partial charge in [0.1, 0.15) is 11.5 Å². The Morgan fingerprint density at radius 1 is 1.25 bits per heavy atom. The van der Waals surface area contributed by atoms with Gasteiger partial charge in [0, 0.05) is 12.4 Å². The molecule has 0 saturated carbocycles. The van der Waals surface area contributed by atoms with Gasteiger partial charge in [-0.25, -0.2) is 0 Å². The van der Waals surface area contributed by atoms with E-state index in [1.54, 1.807) is 12.3 Å². The maximum Gasteiger partial charge on any atom is 0.284 e. The minimum Gasteiger partial charge on any atom is -0.464 e. The lowest BCUT2D eigenvalue weighted by atomic mass is 10.2. The van der Waals surface area contributed by atoms with Gasteiger partial charge in [-0.15, -0.1) is 0 Å². The predicted molar refractivity (Wildman–Crippen MR) is 75.7 cm³/mol. The summed E-state index contributed by atoms with van der Waals surface area (Å²) in [5, 5.41) is 3.25. The van der Waals surface area contributed by atoms with Gasteiger partial charge in [-0.3, -0.25) is 4.98 Å². The van der Waals surface area contributed by atoms with E-state index in [2.05, 4.69) is 10.3 Å². The van der Waals surface area contributed by atoms with Crippen molar-refractivity contribution in [2.75, 3.05) is 6.54 Å². The average Bonchev–Trinajstić information content (AvgIpc) is 2.90. The topological polar surface area (TPSA) is 38.1 Å². The van der Waals surface area contributed by atoms with Crippen LogP contribution in [0.4, 0.5) is 8.78 Å². The second-order valence-corrected chi connectivity index (χ2v) is 5.21. The highest BCUT2D eigenvalue weighted by atomic mass is 32.2. The third-order valence-electron chi connectivity index (χ3n) is 2.68. The zero-order valence-electron chi connectivity index (χ0n) is 10.9. The average molecular weight is 298 g/mol. The van der Waals surface area contributed by atoms with Gasteiger partial charge >= 0.3 is 0 Å². The molecule has 0 aliphatic heterocycles. The number of furan rings is 1. The molecule has 20 heavy (non-hydrogen) atoms. The van der Waals surface area contributed by atoms with E-state index in [9.17, 15) is 8.78 Å². The number of rotatable bonds is 8. The molecule has 0 aliphatic rings. The molecule has 2 aromatic heterocycles. The molecule has 2 rings (SSSR count). The van der Waals surface area contributed by atoms with Crippen LogP contribution in [-0.4, -0.2) is 17.3 Å². The van der Waals surface area contributed by atoms with Gasteiger partial charge in [-0.05, 0) is 36.7 Å². The molecule has 1 N–H and O–H groups in total. The van der Waals surface area contributed by atoms with Crippen molar-refractivity contribution >= 4 is 11.8 Å². The van der Waals surface area contributed by atoms with Gasteiger partial charge in [-0.2, -0.15) is 8.78 Å². The van der Waals surface area contributed by atoms with Crippen molar-refractivity contribution in [2.24, 2.45) is 0 Å². The predicted octanol–water partition coefficient (Wildman–Crippen LogP) is 3.46. The second-order valence-electron chi connectivity index (χ2n) is 4.23. The highest BCUT2D eigenvalue weighted by Crippen LogP contribution is 2.21. The summed E-state index contributed by atoms with van der Waals surface area (Å²) in [5.41, 5.74) is 1.17. The first-order chi connectivity index (χ1) is 9.74. The SMILES string of the molecule is FC(F)SCc1ccc(CNCCc2cccnc2)o1. The highest BCUT2D eigenvalue weighted by molar-refractivity contribution is 7.98. The summed E-state index contributed by atoms with van der Waals surface area (Å²) >= 11 is 0.569. The molecule has 0 aromatic carbocycles. The minimum absolute atomic E-state index is 0.202. The van der Waals surface area contributed by atoms with Crippen molar-refractivity contribution in [2.45, 2.75) is 24.5 Å². The molecule has 0 atom stereocenters. The summed E-state index contributed by atoms with van der Waals surface area (Å²) < 4.78 is 29.5. The van der Waals surface area contributed by atoms with Crippen molar-refractivity contribution in [3.63, 3.8) is 0 Å². The summed E-state index contributed by atoms with van der Waals surface area (Å²) in [6, 6.07) is 7.50. The van der Waals surface area contributed by atoms with Gasteiger partial charge in [-0.1, -0.05) is 17.8 Å². The lowest BCUT2D eigenvalue weighted by Gasteiger charge is -2.02. The number of pyridine rings is 1. The van der Waals surface area contributed by atoms with Crippen LogP contribution in [0.25, 0.3) is 0 Å². The normalized spacial score (nSPS) is 11.2. The van der Waals surface area contributed by atoms with Crippen molar-refractivity contribution in [1.82, 2.24) is 10.3 Å². The molecule has 108 valence electrons. The van der Waals surface area contributed by atoms with E-state index in [1.165, 1.54) is 5.56 Å². The number of thioether (sulfide) groups is 1. The number of nitrogens with one attached hydrogen (secondary N) is 1. The Kier molecular flexibility index (Phi) is 6.01. The molecular formula is C14H16F2N2OS. The van der Waals surface area contributed by atoms with Gasteiger partial charge in [0.2, 0.25) is 0 Å². The van der Waals surface area contributed by atoms with Gasteiger partial charge in [0.25, 0.3) is 5.76 Å². The Balaban J connectivity index is 1.67. The quantitative estimate of drug-likeness (QED) is 0.757. The van der Waals surface area contributed by atoms with Crippen molar-refractivity contribution in [3.8, 4) is 0 Å². The Bertz CT molecular complexity index is 505. The van der Waals surface area contributed by atoms with Crippen LogP contribution in [0.3, 0.4) is 0 Å². The Morgan fingerprint density at radius 2 is 2.10 bits per heavy atom. The van der Waals surface area contributed by atoms with Crippen LogP contribution in [0.2, 0.25) is 0 Å². The fourth-order valence-electron chi connectivity index (χ4n) is 1.73. The van der Waals surface area contributed by atoms with Crippen LogP contribution in [0.1, 0.15) is 17.1 Å². The maximum atomic E-state index is 12.0. The van der Waals surface area contributed by atoms with Crippen LogP contribution in [-0.2, 0) is 18.7 Å². The fourth-order valence-corrected chi connectivity index (χ4v) is 2.18. The molecule has 0 bridgehead atoms. The first-order valence-electron chi connectivity index (χ1n) is 6.31. The van der Waals surface area contributed by atoms with E-state index in [4.69, 9.17) is 4.42 Å². The van der Waals surface area contributed by atoms with E-state index in [0.717, 1.165) is 18.7 Å². The number of aromatic nitrogens is 1. The van der Waals surface area contributed by atoms with E-state index >= 15 is 0 Å². The Labute approximate surface area is 120 Å². The Hall–Kier alpha value is -1.40. The lowest BCUT2D eigenvalue weighted by molar-refractivity contribution is 0.251. The third-order valence-corrected chi connectivity index (χ3v) is 3.38. The molecule has 0 unspecified atom stereocenters. The largest absolute Gasteiger partial charge is 0.464 e. The Morgan fingerprint density at radius 3 is 2.85 bits per heavy atom. The van der Waals surface area contributed by atoms with Crippen LogP contribution in [0, 0.1) is 0 Å². The molecular weight excluding hydrogens is 282 g/mol. The van der Waals surface area contributed by atoms with E-state index in [-0.39, 0.29) is 5.75 Å². The number of hydrogen-bond acceptors (Lipinski definition) is 4. The second kappa shape index (κ2) is 8.01. The van der Waals surface area contributed by atoms with Crippen molar-refractivity contribution < 1.29 is 13.2 Å².